The molecule has 2 rings (SSSR count). The first-order valence-corrected chi connectivity index (χ1v) is 5.30. The summed E-state index contributed by atoms with van der Waals surface area (Å²) in [5.74, 6) is 0.0112. The van der Waals surface area contributed by atoms with Gasteiger partial charge in [0, 0.05) is 12.1 Å². The maximum absolute atomic E-state index is 12.2. The molecule has 0 spiro atoms. The van der Waals surface area contributed by atoms with Crippen LogP contribution in [0.5, 0.6) is 5.75 Å². The van der Waals surface area contributed by atoms with Crippen LogP contribution in [-0.2, 0) is 0 Å². The zero-order valence-corrected chi connectivity index (χ0v) is 9.01. The van der Waals surface area contributed by atoms with Crippen LogP contribution in [0.3, 0.4) is 0 Å². The van der Waals surface area contributed by atoms with Crippen molar-refractivity contribution < 1.29 is 18.6 Å². The maximum atomic E-state index is 12.2. The highest BCUT2D eigenvalue weighted by Gasteiger charge is 2.23. The van der Waals surface area contributed by atoms with Crippen LogP contribution >= 0.6 is 0 Å². The number of rotatable bonds is 4. The lowest BCUT2D eigenvalue weighted by Gasteiger charge is -2.20. The van der Waals surface area contributed by atoms with E-state index < -0.39 is 12.7 Å². The van der Waals surface area contributed by atoms with Crippen LogP contribution in [0.25, 0.3) is 0 Å². The monoisotopic (exact) mass is 241 g/mol. The van der Waals surface area contributed by atoms with E-state index in [-0.39, 0.29) is 11.8 Å². The summed E-state index contributed by atoms with van der Waals surface area (Å²) in [6.07, 6.45) is 2.79. The second-order valence-corrected chi connectivity index (χ2v) is 3.72. The molecule has 1 aromatic rings. The van der Waals surface area contributed by atoms with Gasteiger partial charge in [-0.25, -0.2) is 0 Å². The van der Waals surface area contributed by atoms with Gasteiger partial charge < -0.3 is 15.2 Å². The molecule has 5 heteroatoms. The molecular weight excluding hydrogens is 228 g/mol. The minimum atomic E-state index is -2.89. The summed E-state index contributed by atoms with van der Waals surface area (Å²) >= 11 is 0. The Morgan fingerprint density at radius 3 is 2.76 bits per heavy atom. The fraction of sp³-hybridized carbons (Fsp3) is 0.333. The summed E-state index contributed by atoms with van der Waals surface area (Å²) in [4.78, 5) is 0. The van der Waals surface area contributed by atoms with E-state index in [0.717, 1.165) is 0 Å². The van der Waals surface area contributed by atoms with Crippen LogP contribution in [0.15, 0.2) is 36.4 Å². The first-order valence-electron chi connectivity index (χ1n) is 5.30. The summed E-state index contributed by atoms with van der Waals surface area (Å²) < 4.78 is 28.8. The number of nitrogens with one attached hydrogen (secondary N) is 1. The van der Waals surface area contributed by atoms with E-state index >= 15 is 0 Å². The minimum absolute atomic E-state index is 0.0112. The Hall–Kier alpha value is -1.46. The van der Waals surface area contributed by atoms with Gasteiger partial charge in [-0.3, -0.25) is 0 Å². The normalized spacial score (nSPS) is 20.8. The fourth-order valence-electron chi connectivity index (χ4n) is 1.83. The van der Waals surface area contributed by atoms with Crippen LogP contribution in [0.2, 0.25) is 0 Å². The van der Waals surface area contributed by atoms with E-state index in [1.807, 2.05) is 12.2 Å². The number of benzene rings is 1. The molecule has 0 aromatic heterocycles. The number of aliphatic hydroxyl groups excluding tert-OH is 1. The summed E-state index contributed by atoms with van der Waals surface area (Å²) in [5, 5.41) is 13.1. The molecule has 0 aliphatic carbocycles. The molecular formula is C12H13F2NO2. The number of halogens is 2. The molecule has 2 unspecified atom stereocenters. The van der Waals surface area contributed by atoms with Crippen LogP contribution in [0.4, 0.5) is 8.78 Å². The van der Waals surface area contributed by atoms with E-state index in [2.05, 4.69) is 10.1 Å². The third-order valence-corrected chi connectivity index (χ3v) is 2.61. The Balaban J connectivity index is 2.21. The molecule has 2 atom stereocenters. The van der Waals surface area contributed by atoms with Crippen molar-refractivity contribution in [2.24, 2.45) is 0 Å². The third-order valence-electron chi connectivity index (χ3n) is 2.61. The average molecular weight is 241 g/mol. The SMILES string of the molecule is OC(c1ccccc1OC(F)F)C1C=CCN1. The molecule has 2 N–H and O–H groups in total. The third kappa shape index (κ3) is 2.81. The molecule has 17 heavy (non-hydrogen) atoms. The van der Waals surface area contributed by atoms with Gasteiger partial charge in [-0.05, 0) is 6.07 Å². The Morgan fingerprint density at radius 1 is 1.35 bits per heavy atom. The molecule has 1 aliphatic heterocycles. The highest BCUT2D eigenvalue weighted by Crippen LogP contribution is 2.29. The first-order chi connectivity index (χ1) is 8.18. The minimum Gasteiger partial charge on any atom is -0.434 e. The summed E-state index contributed by atoms with van der Waals surface area (Å²) in [7, 11) is 0. The van der Waals surface area contributed by atoms with Crippen molar-refractivity contribution in [2.75, 3.05) is 6.54 Å². The number of alkyl halides is 2. The van der Waals surface area contributed by atoms with Gasteiger partial charge in [0.05, 0.1) is 6.04 Å². The van der Waals surface area contributed by atoms with Crippen molar-refractivity contribution in [3.63, 3.8) is 0 Å². The maximum Gasteiger partial charge on any atom is 0.387 e. The molecule has 0 saturated carbocycles. The number of hydrogen-bond acceptors (Lipinski definition) is 3. The van der Waals surface area contributed by atoms with Crippen LogP contribution in [0, 0.1) is 0 Å². The zero-order chi connectivity index (χ0) is 12.3. The fourth-order valence-corrected chi connectivity index (χ4v) is 1.83. The average Bonchev–Trinajstić information content (AvgIpc) is 2.81. The Morgan fingerprint density at radius 2 is 2.12 bits per heavy atom. The van der Waals surface area contributed by atoms with Crippen LogP contribution in [-0.4, -0.2) is 24.3 Å². The van der Waals surface area contributed by atoms with Gasteiger partial charge in [-0.1, -0.05) is 30.4 Å². The van der Waals surface area contributed by atoms with Crippen molar-refractivity contribution in [3.8, 4) is 5.75 Å². The lowest BCUT2D eigenvalue weighted by Crippen LogP contribution is -2.29. The number of para-hydroxylation sites is 1. The van der Waals surface area contributed by atoms with E-state index in [0.29, 0.717) is 12.1 Å². The van der Waals surface area contributed by atoms with E-state index in [9.17, 15) is 13.9 Å². The van der Waals surface area contributed by atoms with Crippen LogP contribution < -0.4 is 10.1 Å². The van der Waals surface area contributed by atoms with Crippen molar-refractivity contribution in [3.05, 3.63) is 42.0 Å². The summed E-state index contributed by atoms with van der Waals surface area (Å²) in [6.45, 7) is -2.23. The van der Waals surface area contributed by atoms with Crippen molar-refractivity contribution >= 4 is 0 Å². The molecule has 3 nitrogen and oxygen atoms in total. The van der Waals surface area contributed by atoms with Crippen molar-refractivity contribution in [1.29, 1.82) is 0 Å². The summed E-state index contributed by atoms with van der Waals surface area (Å²) in [6, 6.07) is 6.00. The summed E-state index contributed by atoms with van der Waals surface area (Å²) in [5.41, 5.74) is 0.358. The van der Waals surface area contributed by atoms with Gasteiger partial charge in [0.2, 0.25) is 0 Å². The highest BCUT2D eigenvalue weighted by molar-refractivity contribution is 5.37. The molecule has 0 saturated heterocycles. The topological polar surface area (TPSA) is 41.5 Å². The number of ether oxygens (including phenoxy) is 1. The highest BCUT2D eigenvalue weighted by atomic mass is 19.3. The van der Waals surface area contributed by atoms with Gasteiger partial charge in [0.25, 0.3) is 0 Å². The smallest absolute Gasteiger partial charge is 0.387 e. The number of hydrogen-bond donors (Lipinski definition) is 2. The van der Waals surface area contributed by atoms with Crippen LogP contribution in [0.1, 0.15) is 11.7 Å². The predicted octanol–water partition coefficient (Wildman–Crippen LogP) is 1.85. The quantitative estimate of drug-likeness (QED) is 0.790. The molecule has 0 fully saturated rings. The lowest BCUT2D eigenvalue weighted by molar-refractivity contribution is -0.0517. The second-order valence-electron chi connectivity index (χ2n) is 3.72. The van der Waals surface area contributed by atoms with Gasteiger partial charge in [-0.2, -0.15) is 8.78 Å². The van der Waals surface area contributed by atoms with Gasteiger partial charge >= 0.3 is 6.61 Å². The molecule has 92 valence electrons. The predicted molar refractivity (Wildman–Crippen MR) is 59.0 cm³/mol. The molecule has 0 radical (unpaired) electrons. The number of aliphatic hydroxyl groups is 1. The van der Waals surface area contributed by atoms with Gasteiger partial charge in [0.15, 0.2) is 0 Å². The molecule has 1 aromatic carbocycles. The molecule has 0 amide bonds. The second kappa shape index (κ2) is 5.25. The molecule has 1 aliphatic rings. The Kier molecular flexibility index (Phi) is 3.71. The Labute approximate surface area is 97.7 Å². The standard InChI is InChI=1S/C12H13F2NO2/c13-12(14)17-10-6-2-1-4-8(10)11(16)9-5-3-7-15-9/h1-6,9,11-12,15-16H,7H2. The molecule has 0 bridgehead atoms. The lowest BCUT2D eigenvalue weighted by atomic mass is 10.0. The largest absolute Gasteiger partial charge is 0.434 e. The van der Waals surface area contributed by atoms with Crippen molar-refractivity contribution in [1.82, 2.24) is 5.32 Å². The Bertz CT molecular complexity index is 409. The first kappa shape index (κ1) is 12.0. The van der Waals surface area contributed by atoms with E-state index in [1.54, 1.807) is 18.2 Å². The van der Waals surface area contributed by atoms with E-state index in [4.69, 9.17) is 0 Å². The van der Waals surface area contributed by atoms with E-state index in [1.165, 1.54) is 6.07 Å². The zero-order valence-electron chi connectivity index (χ0n) is 9.01. The van der Waals surface area contributed by atoms with Gasteiger partial charge in [-0.15, -0.1) is 0 Å². The van der Waals surface area contributed by atoms with Gasteiger partial charge in [0.1, 0.15) is 11.9 Å². The van der Waals surface area contributed by atoms with Crippen molar-refractivity contribution in [2.45, 2.75) is 18.8 Å². The molecule has 1 heterocycles.